The van der Waals surface area contributed by atoms with Gasteiger partial charge in [0.2, 0.25) is 5.91 Å². The molecule has 0 aromatic heterocycles. The van der Waals surface area contributed by atoms with E-state index in [9.17, 15) is 13.2 Å². The number of amides is 1. The SMILES string of the molecule is CCCCCCCCCCCC(NC(=O)CC)OS(=O)(=O)O. The molecule has 1 atom stereocenters. The van der Waals surface area contributed by atoms with Gasteiger partial charge in [-0.25, -0.2) is 4.18 Å². The molecule has 0 aliphatic carbocycles. The summed E-state index contributed by atoms with van der Waals surface area (Å²) in [6, 6.07) is 0. The molecule has 1 amide bonds. The van der Waals surface area contributed by atoms with E-state index in [1.807, 2.05) is 0 Å². The predicted molar refractivity (Wildman–Crippen MR) is 86.7 cm³/mol. The van der Waals surface area contributed by atoms with Gasteiger partial charge in [-0.2, -0.15) is 8.42 Å². The standard InChI is InChI=1S/C15H31NO5S/c1-3-5-6-7-8-9-10-11-12-13-15(16-14(17)4-2)21-22(18,19)20/h15H,3-13H2,1-2H3,(H,16,17)(H,18,19,20). The number of hydrogen-bond acceptors (Lipinski definition) is 4. The zero-order valence-corrected chi connectivity index (χ0v) is 14.7. The summed E-state index contributed by atoms with van der Waals surface area (Å²) in [4.78, 5) is 11.3. The van der Waals surface area contributed by atoms with Crippen molar-refractivity contribution in [1.82, 2.24) is 5.32 Å². The first-order valence-electron chi connectivity index (χ1n) is 8.34. The van der Waals surface area contributed by atoms with Crippen molar-refractivity contribution in [1.29, 1.82) is 0 Å². The Bertz CT molecular complexity index is 383. The van der Waals surface area contributed by atoms with Crippen molar-refractivity contribution in [2.75, 3.05) is 0 Å². The normalized spacial score (nSPS) is 13.0. The summed E-state index contributed by atoms with van der Waals surface area (Å²) in [5.41, 5.74) is 0. The minimum absolute atomic E-state index is 0.239. The highest BCUT2D eigenvalue weighted by molar-refractivity contribution is 7.80. The first-order valence-corrected chi connectivity index (χ1v) is 9.70. The van der Waals surface area contributed by atoms with Crippen LogP contribution in [0.3, 0.4) is 0 Å². The van der Waals surface area contributed by atoms with Crippen LogP contribution in [-0.4, -0.2) is 25.1 Å². The van der Waals surface area contributed by atoms with Crippen molar-refractivity contribution in [3.05, 3.63) is 0 Å². The molecule has 22 heavy (non-hydrogen) atoms. The molecule has 0 aromatic carbocycles. The Morgan fingerprint density at radius 2 is 1.50 bits per heavy atom. The van der Waals surface area contributed by atoms with E-state index in [0.717, 1.165) is 19.3 Å². The second kappa shape index (κ2) is 12.8. The Hall–Kier alpha value is -0.660. The lowest BCUT2D eigenvalue weighted by Gasteiger charge is -2.16. The minimum atomic E-state index is -4.55. The summed E-state index contributed by atoms with van der Waals surface area (Å²) in [5.74, 6) is -0.301. The van der Waals surface area contributed by atoms with E-state index >= 15 is 0 Å². The first kappa shape index (κ1) is 21.3. The third kappa shape index (κ3) is 14.3. The molecule has 0 radical (unpaired) electrons. The Balaban J connectivity index is 3.81. The van der Waals surface area contributed by atoms with Crippen LogP contribution >= 0.6 is 0 Å². The molecule has 0 rings (SSSR count). The third-order valence-corrected chi connectivity index (χ3v) is 3.93. The second-order valence-corrected chi connectivity index (χ2v) is 6.60. The van der Waals surface area contributed by atoms with Crippen molar-refractivity contribution in [3.63, 3.8) is 0 Å². The van der Waals surface area contributed by atoms with Gasteiger partial charge in [0.25, 0.3) is 0 Å². The van der Waals surface area contributed by atoms with Crippen LogP contribution < -0.4 is 5.32 Å². The highest BCUT2D eigenvalue weighted by atomic mass is 32.3. The molecular formula is C15H31NO5S. The van der Waals surface area contributed by atoms with Crippen LogP contribution in [0, 0.1) is 0 Å². The molecule has 0 spiro atoms. The maximum absolute atomic E-state index is 11.3. The average molecular weight is 337 g/mol. The molecule has 6 nitrogen and oxygen atoms in total. The van der Waals surface area contributed by atoms with E-state index in [-0.39, 0.29) is 12.3 Å². The quantitative estimate of drug-likeness (QED) is 0.287. The lowest BCUT2D eigenvalue weighted by Crippen LogP contribution is -2.37. The van der Waals surface area contributed by atoms with E-state index in [1.165, 1.54) is 38.5 Å². The maximum Gasteiger partial charge on any atom is 0.399 e. The van der Waals surface area contributed by atoms with Gasteiger partial charge >= 0.3 is 10.4 Å². The third-order valence-electron chi connectivity index (χ3n) is 3.45. The second-order valence-electron chi connectivity index (χ2n) is 5.55. The largest absolute Gasteiger partial charge is 0.399 e. The number of unbranched alkanes of at least 4 members (excludes halogenated alkanes) is 8. The molecule has 0 bridgehead atoms. The smallest absolute Gasteiger partial charge is 0.329 e. The van der Waals surface area contributed by atoms with Crippen molar-refractivity contribution in [2.24, 2.45) is 0 Å². The monoisotopic (exact) mass is 337 g/mol. The first-order chi connectivity index (χ1) is 10.4. The molecule has 0 heterocycles. The van der Waals surface area contributed by atoms with Crippen LogP contribution in [0.5, 0.6) is 0 Å². The van der Waals surface area contributed by atoms with E-state index < -0.39 is 16.6 Å². The molecule has 7 heteroatoms. The van der Waals surface area contributed by atoms with Crippen molar-refractivity contribution in [2.45, 2.75) is 90.7 Å². The summed E-state index contributed by atoms with van der Waals surface area (Å²) >= 11 is 0. The Kier molecular flexibility index (Phi) is 12.5. The minimum Gasteiger partial charge on any atom is -0.329 e. The summed E-state index contributed by atoms with van der Waals surface area (Å²) in [7, 11) is -4.55. The van der Waals surface area contributed by atoms with Gasteiger partial charge in [-0.05, 0) is 12.8 Å². The highest BCUT2D eigenvalue weighted by Crippen LogP contribution is 2.12. The summed E-state index contributed by atoms with van der Waals surface area (Å²) in [6.07, 6.45) is 9.96. The fraction of sp³-hybridized carbons (Fsp3) is 0.933. The van der Waals surface area contributed by atoms with Gasteiger partial charge in [0.1, 0.15) is 0 Å². The van der Waals surface area contributed by atoms with Crippen LogP contribution in [0.2, 0.25) is 0 Å². The Morgan fingerprint density at radius 3 is 1.95 bits per heavy atom. The number of hydrogen-bond donors (Lipinski definition) is 2. The van der Waals surface area contributed by atoms with Crippen LogP contribution in [0.1, 0.15) is 84.5 Å². The van der Waals surface area contributed by atoms with E-state index in [1.54, 1.807) is 6.92 Å². The van der Waals surface area contributed by atoms with Gasteiger partial charge < -0.3 is 5.32 Å². The number of nitrogens with one attached hydrogen (secondary N) is 1. The van der Waals surface area contributed by atoms with Crippen LogP contribution in [-0.2, 0) is 19.4 Å². The van der Waals surface area contributed by atoms with Crippen molar-refractivity contribution >= 4 is 16.3 Å². The van der Waals surface area contributed by atoms with Gasteiger partial charge in [0.15, 0.2) is 6.23 Å². The molecule has 0 fully saturated rings. The predicted octanol–water partition coefficient (Wildman–Crippen LogP) is 3.58. The van der Waals surface area contributed by atoms with Gasteiger partial charge in [-0.1, -0.05) is 65.2 Å². The zero-order chi connectivity index (χ0) is 16.8. The molecule has 0 saturated heterocycles. The van der Waals surface area contributed by atoms with E-state index in [0.29, 0.717) is 6.42 Å². The molecule has 1 unspecified atom stereocenters. The van der Waals surface area contributed by atoms with Crippen LogP contribution in [0.4, 0.5) is 0 Å². The van der Waals surface area contributed by atoms with E-state index in [4.69, 9.17) is 4.55 Å². The van der Waals surface area contributed by atoms with Gasteiger partial charge in [-0.15, -0.1) is 0 Å². The maximum atomic E-state index is 11.3. The summed E-state index contributed by atoms with van der Waals surface area (Å²) in [5, 5.41) is 2.45. The molecule has 0 aliphatic rings. The average Bonchev–Trinajstić information content (AvgIpc) is 2.43. The fourth-order valence-electron chi connectivity index (χ4n) is 2.21. The van der Waals surface area contributed by atoms with Crippen LogP contribution in [0.25, 0.3) is 0 Å². The Morgan fingerprint density at radius 1 is 1.00 bits per heavy atom. The molecule has 0 aliphatic heterocycles. The van der Waals surface area contributed by atoms with Crippen molar-refractivity contribution < 1.29 is 21.9 Å². The zero-order valence-electron chi connectivity index (χ0n) is 13.8. The van der Waals surface area contributed by atoms with E-state index in [2.05, 4.69) is 16.4 Å². The molecule has 0 aromatic rings. The fourth-order valence-corrected chi connectivity index (χ4v) is 2.65. The number of carbonyl (C=O) groups is 1. The van der Waals surface area contributed by atoms with Crippen LogP contribution in [0.15, 0.2) is 0 Å². The summed E-state index contributed by atoms with van der Waals surface area (Å²) < 4.78 is 34.7. The van der Waals surface area contributed by atoms with Crippen molar-refractivity contribution in [3.8, 4) is 0 Å². The molecule has 0 saturated carbocycles. The van der Waals surface area contributed by atoms with Gasteiger partial charge in [-0.3, -0.25) is 9.35 Å². The molecular weight excluding hydrogens is 306 g/mol. The lowest BCUT2D eigenvalue weighted by molar-refractivity contribution is -0.123. The number of rotatable bonds is 14. The molecule has 2 N–H and O–H groups in total. The molecule has 132 valence electrons. The van der Waals surface area contributed by atoms with Gasteiger partial charge in [0.05, 0.1) is 0 Å². The topological polar surface area (TPSA) is 92.7 Å². The lowest BCUT2D eigenvalue weighted by atomic mass is 10.1. The van der Waals surface area contributed by atoms with Gasteiger partial charge in [0, 0.05) is 6.42 Å². The highest BCUT2D eigenvalue weighted by Gasteiger charge is 2.18. The summed E-state index contributed by atoms with van der Waals surface area (Å²) in [6.45, 7) is 3.86. The Labute approximate surface area is 135 Å². The number of carbonyl (C=O) groups excluding carboxylic acids is 1.